The van der Waals surface area contributed by atoms with Crippen LogP contribution in [0.3, 0.4) is 0 Å². The van der Waals surface area contributed by atoms with E-state index in [0.29, 0.717) is 16.0 Å². The van der Waals surface area contributed by atoms with Crippen LogP contribution in [0.5, 0.6) is 0 Å². The molecule has 0 bridgehead atoms. The highest BCUT2D eigenvalue weighted by Crippen LogP contribution is 2.24. The van der Waals surface area contributed by atoms with Crippen molar-refractivity contribution in [2.75, 3.05) is 0 Å². The SMILES string of the molecule is CC(C)c1ccc(C(=O)c2c(F)cccc2Br)cc1. The lowest BCUT2D eigenvalue weighted by Gasteiger charge is -2.08. The average molecular weight is 321 g/mol. The number of rotatable bonds is 3. The minimum Gasteiger partial charge on any atom is -0.288 e. The fraction of sp³-hybridized carbons (Fsp3) is 0.188. The predicted molar refractivity (Wildman–Crippen MR) is 78.1 cm³/mol. The first-order chi connectivity index (χ1) is 9.00. The predicted octanol–water partition coefficient (Wildman–Crippen LogP) is 4.94. The number of benzene rings is 2. The number of hydrogen-bond donors (Lipinski definition) is 0. The molecule has 0 saturated carbocycles. The van der Waals surface area contributed by atoms with Crippen LogP contribution in [0.1, 0.15) is 41.3 Å². The summed E-state index contributed by atoms with van der Waals surface area (Å²) in [5.74, 6) is -0.406. The van der Waals surface area contributed by atoms with Gasteiger partial charge in [0.1, 0.15) is 5.82 Å². The van der Waals surface area contributed by atoms with Crippen LogP contribution in [-0.2, 0) is 0 Å². The zero-order valence-electron chi connectivity index (χ0n) is 10.8. The first-order valence-electron chi connectivity index (χ1n) is 6.09. The van der Waals surface area contributed by atoms with Gasteiger partial charge in [-0.2, -0.15) is 0 Å². The van der Waals surface area contributed by atoms with Crippen molar-refractivity contribution in [1.29, 1.82) is 0 Å². The van der Waals surface area contributed by atoms with Crippen molar-refractivity contribution in [3.8, 4) is 0 Å². The Kier molecular flexibility index (Phi) is 4.15. The zero-order valence-corrected chi connectivity index (χ0v) is 12.4. The minimum atomic E-state index is -0.507. The minimum absolute atomic E-state index is 0.0831. The number of carbonyl (C=O) groups is 1. The molecule has 1 nitrogen and oxygen atoms in total. The molecule has 19 heavy (non-hydrogen) atoms. The van der Waals surface area contributed by atoms with Crippen molar-refractivity contribution in [2.45, 2.75) is 19.8 Å². The van der Waals surface area contributed by atoms with E-state index in [4.69, 9.17) is 0 Å². The zero-order chi connectivity index (χ0) is 14.0. The summed E-state index contributed by atoms with van der Waals surface area (Å²) in [7, 11) is 0. The fourth-order valence-corrected chi connectivity index (χ4v) is 2.40. The van der Waals surface area contributed by atoms with Gasteiger partial charge in [0.2, 0.25) is 0 Å². The molecule has 3 heteroatoms. The van der Waals surface area contributed by atoms with Gasteiger partial charge in [-0.05, 0) is 39.5 Å². The van der Waals surface area contributed by atoms with E-state index in [1.54, 1.807) is 24.3 Å². The van der Waals surface area contributed by atoms with E-state index in [1.807, 2.05) is 12.1 Å². The van der Waals surface area contributed by atoms with Gasteiger partial charge < -0.3 is 0 Å². The molecule has 2 aromatic carbocycles. The molecule has 0 aliphatic rings. The molecule has 0 heterocycles. The lowest BCUT2D eigenvalue weighted by atomic mass is 9.98. The Balaban J connectivity index is 2.39. The molecule has 0 amide bonds. The summed E-state index contributed by atoms with van der Waals surface area (Å²) in [4.78, 5) is 12.3. The highest BCUT2D eigenvalue weighted by molar-refractivity contribution is 9.10. The van der Waals surface area contributed by atoms with Crippen molar-refractivity contribution in [3.05, 3.63) is 69.4 Å². The highest BCUT2D eigenvalue weighted by Gasteiger charge is 2.17. The molecule has 0 aliphatic heterocycles. The number of halogens is 2. The summed E-state index contributed by atoms with van der Waals surface area (Å²) in [5.41, 5.74) is 1.74. The topological polar surface area (TPSA) is 17.1 Å². The van der Waals surface area contributed by atoms with E-state index in [-0.39, 0.29) is 11.3 Å². The van der Waals surface area contributed by atoms with Gasteiger partial charge >= 0.3 is 0 Å². The molecule has 0 aliphatic carbocycles. The van der Waals surface area contributed by atoms with Crippen LogP contribution in [-0.4, -0.2) is 5.78 Å². The summed E-state index contributed by atoms with van der Waals surface area (Å²) in [6, 6.07) is 11.8. The molecule has 0 saturated heterocycles. The molecule has 2 rings (SSSR count). The van der Waals surface area contributed by atoms with Crippen molar-refractivity contribution in [3.63, 3.8) is 0 Å². The van der Waals surface area contributed by atoms with Gasteiger partial charge in [0.05, 0.1) is 5.56 Å². The maximum absolute atomic E-state index is 13.7. The molecular formula is C16H14BrFO. The second kappa shape index (κ2) is 5.66. The van der Waals surface area contributed by atoms with Gasteiger partial charge in [-0.1, -0.05) is 44.2 Å². The van der Waals surface area contributed by atoms with E-state index in [9.17, 15) is 9.18 Å². The van der Waals surface area contributed by atoms with Gasteiger partial charge in [-0.15, -0.1) is 0 Å². The molecule has 0 radical (unpaired) electrons. The molecule has 0 unspecified atom stereocenters. The van der Waals surface area contributed by atoms with Gasteiger partial charge in [0.25, 0.3) is 0 Å². The van der Waals surface area contributed by atoms with Gasteiger partial charge in [0.15, 0.2) is 5.78 Å². The Morgan fingerprint density at radius 3 is 2.26 bits per heavy atom. The Hall–Kier alpha value is -1.48. The Labute approximate surface area is 120 Å². The van der Waals surface area contributed by atoms with Crippen molar-refractivity contribution >= 4 is 21.7 Å². The second-order valence-corrected chi connectivity index (χ2v) is 5.56. The molecule has 2 aromatic rings. The quantitative estimate of drug-likeness (QED) is 0.732. The Morgan fingerprint density at radius 1 is 1.11 bits per heavy atom. The maximum Gasteiger partial charge on any atom is 0.197 e. The van der Waals surface area contributed by atoms with Crippen LogP contribution in [0.4, 0.5) is 4.39 Å². The molecule has 0 atom stereocenters. The van der Waals surface area contributed by atoms with Crippen LogP contribution >= 0.6 is 15.9 Å². The number of hydrogen-bond acceptors (Lipinski definition) is 1. The summed E-state index contributed by atoms with van der Waals surface area (Å²) in [6.07, 6.45) is 0. The Morgan fingerprint density at radius 2 is 1.74 bits per heavy atom. The van der Waals surface area contributed by atoms with Gasteiger partial charge in [-0.25, -0.2) is 4.39 Å². The van der Waals surface area contributed by atoms with Crippen LogP contribution in [0.15, 0.2) is 46.9 Å². The van der Waals surface area contributed by atoms with E-state index in [1.165, 1.54) is 6.07 Å². The first-order valence-corrected chi connectivity index (χ1v) is 6.88. The second-order valence-electron chi connectivity index (χ2n) is 4.70. The maximum atomic E-state index is 13.7. The average Bonchev–Trinajstić information content (AvgIpc) is 2.38. The molecule has 0 aromatic heterocycles. The third kappa shape index (κ3) is 2.92. The summed E-state index contributed by atoms with van der Waals surface area (Å²) in [5, 5.41) is 0. The summed E-state index contributed by atoms with van der Waals surface area (Å²) < 4.78 is 14.2. The molecule has 0 spiro atoms. The highest BCUT2D eigenvalue weighted by atomic mass is 79.9. The molecule has 0 fully saturated rings. The molecular weight excluding hydrogens is 307 g/mol. The van der Waals surface area contributed by atoms with Crippen molar-refractivity contribution < 1.29 is 9.18 Å². The van der Waals surface area contributed by atoms with Crippen LogP contribution in [0.2, 0.25) is 0 Å². The van der Waals surface area contributed by atoms with E-state index >= 15 is 0 Å². The molecule has 98 valence electrons. The van der Waals surface area contributed by atoms with Crippen LogP contribution in [0, 0.1) is 5.82 Å². The largest absolute Gasteiger partial charge is 0.288 e. The normalized spacial score (nSPS) is 10.8. The number of ketones is 1. The monoisotopic (exact) mass is 320 g/mol. The van der Waals surface area contributed by atoms with Crippen LogP contribution in [0.25, 0.3) is 0 Å². The molecule has 0 N–H and O–H groups in total. The first kappa shape index (κ1) is 13.9. The lowest BCUT2D eigenvalue weighted by molar-refractivity contribution is 0.103. The number of carbonyl (C=O) groups excluding carboxylic acids is 1. The Bertz CT molecular complexity index is 582. The third-order valence-corrected chi connectivity index (χ3v) is 3.69. The van der Waals surface area contributed by atoms with Crippen molar-refractivity contribution in [1.82, 2.24) is 0 Å². The third-order valence-electron chi connectivity index (χ3n) is 3.03. The van der Waals surface area contributed by atoms with E-state index in [2.05, 4.69) is 29.8 Å². The summed E-state index contributed by atoms with van der Waals surface area (Å²) in [6.45, 7) is 4.18. The van der Waals surface area contributed by atoms with Crippen LogP contribution < -0.4 is 0 Å². The smallest absolute Gasteiger partial charge is 0.197 e. The van der Waals surface area contributed by atoms with Crippen molar-refractivity contribution in [2.24, 2.45) is 0 Å². The van der Waals surface area contributed by atoms with E-state index in [0.717, 1.165) is 5.56 Å². The summed E-state index contributed by atoms with van der Waals surface area (Å²) >= 11 is 3.22. The fourth-order valence-electron chi connectivity index (χ4n) is 1.88. The lowest BCUT2D eigenvalue weighted by Crippen LogP contribution is -2.05. The van der Waals surface area contributed by atoms with E-state index < -0.39 is 5.82 Å². The van der Waals surface area contributed by atoms with Gasteiger partial charge in [-0.3, -0.25) is 4.79 Å². The van der Waals surface area contributed by atoms with Gasteiger partial charge in [0, 0.05) is 10.0 Å². The standard InChI is InChI=1S/C16H14BrFO/c1-10(2)11-6-8-12(9-7-11)16(19)15-13(17)4-3-5-14(15)18/h3-10H,1-2H3.